The predicted octanol–water partition coefficient (Wildman–Crippen LogP) is 0.279. The molecule has 0 aromatic carbocycles. The van der Waals surface area contributed by atoms with E-state index in [-0.39, 0.29) is 17.3 Å². The average molecular weight is 318 g/mol. The largest absolute Gasteiger partial charge is 0.382 e. The number of hydrogen-bond donors (Lipinski definition) is 2. The van der Waals surface area contributed by atoms with Gasteiger partial charge in [-0.15, -0.1) is 0 Å². The average Bonchev–Trinajstić information content (AvgIpc) is 2.93. The highest BCUT2D eigenvalue weighted by Gasteiger charge is 2.27. The monoisotopic (exact) mass is 318 g/mol. The summed E-state index contributed by atoms with van der Waals surface area (Å²) in [5.74, 6) is 0.824. The lowest BCUT2D eigenvalue weighted by Gasteiger charge is -2.12. The molecule has 2 aromatic rings. The van der Waals surface area contributed by atoms with Crippen LogP contribution in [0.4, 0.5) is 10.8 Å². The van der Waals surface area contributed by atoms with Crippen LogP contribution in [-0.2, 0) is 16.6 Å². The maximum Gasteiger partial charge on any atom is 0.249 e. The van der Waals surface area contributed by atoms with E-state index in [0.717, 1.165) is 15.8 Å². The summed E-state index contributed by atoms with van der Waals surface area (Å²) in [4.78, 5) is 3.98. The van der Waals surface area contributed by atoms with Crippen LogP contribution in [0, 0.1) is 6.92 Å². The van der Waals surface area contributed by atoms with Gasteiger partial charge >= 0.3 is 0 Å². The molecule has 2 rings (SSSR count). The quantitative estimate of drug-likeness (QED) is 0.804. The fraction of sp³-hybridized carbons (Fsp3) is 0.444. The Balaban J connectivity index is 2.26. The Morgan fingerprint density at radius 2 is 2.15 bits per heavy atom. The molecule has 0 bridgehead atoms. The van der Waals surface area contributed by atoms with E-state index < -0.39 is 10.0 Å². The summed E-state index contributed by atoms with van der Waals surface area (Å²) in [5.41, 5.74) is 5.64. The van der Waals surface area contributed by atoms with E-state index in [1.165, 1.54) is 14.1 Å². The summed E-state index contributed by atoms with van der Waals surface area (Å²) in [6, 6.07) is 0. The van der Waals surface area contributed by atoms with Gasteiger partial charge in [0.05, 0.1) is 6.54 Å². The molecule has 0 saturated heterocycles. The second-order valence-electron chi connectivity index (χ2n) is 4.10. The van der Waals surface area contributed by atoms with Gasteiger partial charge in [0.25, 0.3) is 0 Å². The van der Waals surface area contributed by atoms with Gasteiger partial charge in [-0.1, -0.05) is 5.16 Å². The van der Waals surface area contributed by atoms with Crippen LogP contribution in [0.15, 0.2) is 9.42 Å². The number of nitrogens with one attached hydrogen (secondary N) is 1. The third kappa shape index (κ3) is 2.73. The Labute approximate surface area is 120 Å². The van der Waals surface area contributed by atoms with Gasteiger partial charge in [0, 0.05) is 21.0 Å². The molecule has 0 amide bonds. The molecule has 0 aliphatic rings. The molecule has 0 unspecified atom stereocenters. The lowest BCUT2D eigenvalue weighted by Crippen LogP contribution is -2.23. The topological polar surface area (TPSA) is 127 Å². The molecule has 2 aromatic heterocycles. The second-order valence-corrected chi connectivity index (χ2v) is 6.96. The molecule has 0 radical (unpaired) electrons. The van der Waals surface area contributed by atoms with Gasteiger partial charge in [-0.3, -0.25) is 0 Å². The second kappa shape index (κ2) is 5.34. The zero-order valence-electron chi connectivity index (χ0n) is 11.1. The standard InChI is InChI=1S/C9H14N6O3S2/c1-5-12-6(13-18-5)4-11-9-7(8(10)14-19-9)20(16,17)15(2)3/h11H,4H2,1-3H3,(H2,10,14). The first-order valence-corrected chi connectivity index (χ1v) is 7.74. The highest BCUT2D eigenvalue weighted by Crippen LogP contribution is 2.33. The van der Waals surface area contributed by atoms with Crippen LogP contribution in [0.3, 0.4) is 0 Å². The van der Waals surface area contributed by atoms with Crippen molar-refractivity contribution in [3.05, 3.63) is 11.7 Å². The first-order valence-electron chi connectivity index (χ1n) is 5.53. The molecule has 0 aliphatic carbocycles. The molecular weight excluding hydrogens is 304 g/mol. The molecule has 3 N–H and O–H groups in total. The molecule has 20 heavy (non-hydrogen) atoms. The number of rotatable bonds is 5. The van der Waals surface area contributed by atoms with E-state index in [0.29, 0.717) is 16.7 Å². The Kier molecular flexibility index (Phi) is 3.92. The summed E-state index contributed by atoms with van der Waals surface area (Å²) in [7, 11) is -0.806. The van der Waals surface area contributed by atoms with Crippen LogP contribution in [-0.4, -0.2) is 41.3 Å². The van der Waals surface area contributed by atoms with Crippen molar-refractivity contribution in [2.24, 2.45) is 0 Å². The van der Waals surface area contributed by atoms with E-state index in [1.54, 1.807) is 6.92 Å². The highest BCUT2D eigenvalue weighted by atomic mass is 32.2. The molecule has 9 nitrogen and oxygen atoms in total. The van der Waals surface area contributed by atoms with Crippen molar-refractivity contribution < 1.29 is 12.9 Å². The fourth-order valence-corrected chi connectivity index (χ4v) is 3.48. The van der Waals surface area contributed by atoms with Crippen LogP contribution in [0.25, 0.3) is 0 Å². The van der Waals surface area contributed by atoms with Crippen molar-refractivity contribution >= 4 is 32.4 Å². The highest BCUT2D eigenvalue weighted by molar-refractivity contribution is 7.89. The smallest absolute Gasteiger partial charge is 0.249 e. The Bertz CT molecular complexity index is 705. The summed E-state index contributed by atoms with van der Waals surface area (Å²) in [5, 5.41) is 6.96. The lowest BCUT2D eigenvalue weighted by molar-refractivity contribution is 0.388. The zero-order valence-corrected chi connectivity index (χ0v) is 12.7. The zero-order chi connectivity index (χ0) is 14.9. The van der Waals surface area contributed by atoms with Crippen LogP contribution < -0.4 is 11.1 Å². The third-order valence-corrected chi connectivity index (χ3v) is 5.23. The normalized spacial score (nSPS) is 12.0. The minimum absolute atomic E-state index is 0.0320. The maximum atomic E-state index is 12.2. The molecule has 11 heteroatoms. The predicted molar refractivity (Wildman–Crippen MR) is 73.8 cm³/mol. The summed E-state index contributed by atoms with van der Waals surface area (Å²) >= 11 is 0.968. The third-order valence-electron chi connectivity index (χ3n) is 2.39. The molecule has 0 saturated carbocycles. The van der Waals surface area contributed by atoms with Gasteiger partial charge < -0.3 is 15.6 Å². The van der Waals surface area contributed by atoms with E-state index >= 15 is 0 Å². The van der Waals surface area contributed by atoms with Gasteiger partial charge in [0.1, 0.15) is 5.00 Å². The number of nitrogens with two attached hydrogens (primary N) is 1. The number of nitrogen functional groups attached to an aromatic ring is 1. The van der Waals surface area contributed by atoms with Gasteiger partial charge in [0.2, 0.25) is 15.9 Å². The minimum Gasteiger partial charge on any atom is -0.382 e. The molecular formula is C9H14N6O3S2. The number of aryl methyl sites for hydroxylation is 1. The van der Waals surface area contributed by atoms with Crippen LogP contribution in [0.5, 0.6) is 0 Å². The lowest BCUT2D eigenvalue weighted by atomic mass is 10.5. The molecule has 110 valence electrons. The van der Waals surface area contributed by atoms with Crippen LogP contribution >= 0.6 is 11.5 Å². The molecule has 0 fully saturated rings. The molecule has 2 heterocycles. The summed E-state index contributed by atoms with van der Waals surface area (Å²) < 4.78 is 34.1. The van der Waals surface area contributed by atoms with E-state index in [4.69, 9.17) is 10.3 Å². The molecule has 0 atom stereocenters. The first-order chi connectivity index (χ1) is 9.32. The van der Waals surface area contributed by atoms with Crippen molar-refractivity contribution in [2.45, 2.75) is 18.4 Å². The molecule has 0 spiro atoms. The Morgan fingerprint density at radius 3 is 2.70 bits per heavy atom. The van der Waals surface area contributed by atoms with Gasteiger partial charge in [0.15, 0.2) is 16.5 Å². The van der Waals surface area contributed by atoms with Crippen molar-refractivity contribution in [2.75, 3.05) is 25.1 Å². The van der Waals surface area contributed by atoms with Crippen LogP contribution in [0.2, 0.25) is 0 Å². The number of sulfonamides is 1. The summed E-state index contributed by atoms with van der Waals surface area (Å²) in [6.07, 6.45) is 0. The maximum absolute atomic E-state index is 12.2. The Morgan fingerprint density at radius 1 is 1.45 bits per heavy atom. The Hall–Kier alpha value is -1.72. The van der Waals surface area contributed by atoms with Gasteiger partial charge in [-0.25, -0.2) is 12.7 Å². The van der Waals surface area contributed by atoms with Gasteiger partial charge in [-0.05, 0) is 11.5 Å². The van der Waals surface area contributed by atoms with E-state index in [1.807, 2.05) is 0 Å². The van der Waals surface area contributed by atoms with E-state index in [9.17, 15) is 8.42 Å². The number of hydrogen-bond acceptors (Lipinski definition) is 9. The number of anilines is 2. The fourth-order valence-electron chi connectivity index (χ4n) is 1.41. The number of aromatic nitrogens is 3. The number of nitrogens with zero attached hydrogens (tertiary/aromatic N) is 4. The molecule has 0 aliphatic heterocycles. The summed E-state index contributed by atoms with van der Waals surface area (Å²) in [6.45, 7) is 1.89. The SMILES string of the molecule is Cc1nc(CNc2snc(N)c2S(=O)(=O)N(C)C)no1. The van der Waals surface area contributed by atoms with Crippen molar-refractivity contribution in [3.63, 3.8) is 0 Å². The van der Waals surface area contributed by atoms with Crippen molar-refractivity contribution in [3.8, 4) is 0 Å². The van der Waals surface area contributed by atoms with Gasteiger partial charge in [-0.2, -0.15) is 9.36 Å². The van der Waals surface area contributed by atoms with Crippen molar-refractivity contribution in [1.82, 2.24) is 18.8 Å². The van der Waals surface area contributed by atoms with Crippen LogP contribution in [0.1, 0.15) is 11.7 Å². The van der Waals surface area contributed by atoms with Crippen molar-refractivity contribution in [1.29, 1.82) is 0 Å². The minimum atomic E-state index is -3.66. The first kappa shape index (κ1) is 14.7. The van der Waals surface area contributed by atoms with E-state index in [2.05, 4.69) is 19.8 Å².